The number of halogens is 1. The van der Waals surface area contributed by atoms with Gasteiger partial charge in [-0.3, -0.25) is 14.7 Å². The van der Waals surface area contributed by atoms with Crippen LogP contribution < -0.4 is 10.6 Å². The summed E-state index contributed by atoms with van der Waals surface area (Å²) in [5, 5.41) is 0. The van der Waals surface area contributed by atoms with Gasteiger partial charge in [0.25, 0.3) is 0 Å². The number of aromatic nitrogens is 1. The van der Waals surface area contributed by atoms with Crippen molar-refractivity contribution in [2.45, 2.75) is 0 Å². The minimum Gasteiger partial charge on any atom is -0.369 e. The lowest BCUT2D eigenvalue weighted by molar-refractivity contribution is -0.119. The van der Waals surface area contributed by atoms with Crippen molar-refractivity contribution in [2.75, 3.05) is 37.6 Å². The number of carbonyl (C=O) groups is 1. The highest BCUT2D eigenvalue weighted by molar-refractivity contribution is 9.10. The van der Waals surface area contributed by atoms with Gasteiger partial charge in [0.1, 0.15) is 0 Å². The molecular weight excluding hydrogens is 284 g/mol. The SMILES string of the molecule is NC(=O)CN1CCN(c2cncc(Br)c2)CC1. The molecule has 1 saturated heterocycles. The molecule has 0 spiro atoms. The van der Waals surface area contributed by atoms with Crippen molar-refractivity contribution in [3.8, 4) is 0 Å². The smallest absolute Gasteiger partial charge is 0.231 e. The third-order valence-electron chi connectivity index (χ3n) is 2.81. The predicted octanol–water partition coefficient (Wildman–Crippen LogP) is 0.451. The number of hydrogen-bond donors (Lipinski definition) is 1. The Morgan fingerprint density at radius 1 is 1.35 bits per heavy atom. The topological polar surface area (TPSA) is 62.5 Å². The van der Waals surface area contributed by atoms with Crippen LogP contribution in [0.3, 0.4) is 0 Å². The quantitative estimate of drug-likeness (QED) is 0.880. The Labute approximate surface area is 109 Å². The number of rotatable bonds is 3. The molecule has 1 aromatic rings. The van der Waals surface area contributed by atoms with Gasteiger partial charge in [-0.1, -0.05) is 0 Å². The van der Waals surface area contributed by atoms with Crippen LogP contribution in [0.1, 0.15) is 0 Å². The van der Waals surface area contributed by atoms with Gasteiger partial charge in [-0.25, -0.2) is 0 Å². The van der Waals surface area contributed by atoms with E-state index in [0.717, 1.165) is 36.3 Å². The Hall–Kier alpha value is -1.14. The Kier molecular flexibility index (Phi) is 3.96. The van der Waals surface area contributed by atoms with Crippen molar-refractivity contribution >= 4 is 27.5 Å². The zero-order valence-corrected chi connectivity index (χ0v) is 11.1. The first-order chi connectivity index (χ1) is 8.15. The third kappa shape index (κ3) is 3.41. The van der Waals surface area contributed by atoms with Gasteiger partial charge in [0.15, 0.2) is 0 Å². The molecule has 2 heterocycles. The van der Waals surface area contributed by atoms with Crippen molar-refractivity contribution in [3.05, 3.63) is 22.9 Å². The van der Waals surface area contributed by atoms with E-state index in [1.807, 2.05) is 6.20 Å². The summed E-state index contributed by atoms with van der Waals surface area (Å²) in [5.41, 5.74) is 6.29. The summed E-state index contributed by atoms with van der Waals surface area (Å²) in [4.78, 5) is 19.3. The molecule has 2 rings (SSSR count). The highest BCUT2D eigenvalue weighted by atomic mass is 79.9. The van der Waals surface area contributed by atoms with Gasteiger partial charge < -0.3 is 10.6 Å². The molecule has 0 radical (unpaired) electrons. The van der Waals surface area contributed by atoms with Crippen LogP contribution in [0.25, 0.3) is 0 Å². The van der Waals surface area contributed by atoms with Crippen molar-refractivity contribution in [2.24, 2.45) is 5.73 Å². The standard InChI is InChI=1S/C11H15BrN4O/c12-9-5-10(7-14-6-9)16-3-1-15(2-4-16)8-11(13)17/h5-7H,1-4,8H2,(H2,13,17). The Bertz CT molecular complexity index is 404. The number of primary amides is 1. The maximum absolute atomic E-state index is 10.8. The molecular formula is C11H15BrN4O. The molecule has 5 nitrogen and oxygen atoms in total. The fourth-order valence-electron chi connectivity index (χ4n) is 1.96. The van der Waals surface area contributed by atoms with Gasteiger partial charge in [-0.2, -0.15) is 0 Å². The molecule has 0 aliphatic carbocycles. The second kappa shape index (κ2) is 5.46. The van der Waals surface area contributed by atoms with Crippen LogP contribution in [0.2, 0.25) is 0 Å². The van der Waals surface area contributed by atoms with E-state index in [2.05, 4.69) is 36.8 Å². The Morgan fingerprint density at radius 3 is 2.65 bits per heavy atom. The van der Waals surface area contributed by atoms with Gasteiger partial charge in [0.2, 0.25) is 5.91 Å². The lowest BCUT2D eigenvalue weighted by atomic mass is 10.2. The molecule has 0 bridgehead atoms. The highest BCUT2D eigenvalue weighted by Gasteiger charge is 2.18. The number of amides is 1. The number of nitrogens with two attached hydrogens (primary N) is 1. The van der Waals surface area contributed by atoms with E-state index >= 15 is 0 Å². The summed E-state index contributed by atoms with van der Waals surface area (Å²) in [6.07, 6.45) is 3.63. The Balaban J connectivity index is 1.93. The molecule has 1 amide bonds. The molecule has 92 valence electrons. The maximum Gasteiger partial charge on any atom is 0.231 e. The van der Waals surface area contributed by atoms with Crippen molar-refractivity contribution in [1.82, 2.24) is 9.88 Å². The van der Waals surface area contributed by atoms with Crippen molar-refractivity contribution in [1.29, 1.82) is 0 Å². The second-order valence-electron chi connectivity index (χ2n) is 4.09. The largest absolute Gasteiger partial charge is 0.369 e. The van der Waals surface area contributed by atoms with E-state index in [-0.39, 0.29) is 5.91 Å². The summed E-state index contributed by atoms with van der Waals surface area (Å²) < 4.78 is 0.981. The molecule has 0 unspecified atom stereocenters. The number of carbonyl (C=O) groups excluding carboxylic acids is 1. The average molecular weight is 299 g/mol. The Morgan fingerprint density at radius 2 is 2.06 bits per heavy atom. The van der Waals surface area contributed by atoms with E-state index in [0.29, 0.717) is 6.54 Å². The van der Waals surface area contributed by atoms with E-state index in [1.54, 1.807) is 6.20 Å². The van der Waals surface area contributed by atoms with Gasteiger partial charge in [-0.05, 0) is 22.0 Å². The second-order valence-corrected chi connectivity index (χ2v) is 5.01. The fourth-order valence-corrected chi connectivity index (χ4v) is 2.31. The molecule has 1 aliphatic heterocycles. The molecule has 0 atom stereocenters. The van der Waals surface area contributed by atoms with E-state index in [4.69, 9.17) is 5.73 Å². The minimum atomic E-state index is -0.262. The van der Waals surface area contributed by atoms with Crippen LogP contribution >= 0.6 is 15.9 Å². The molecule has 1 aliphatic rings. The highest BCUT2D eigenvalue weighted by Crippen LogP contribution is 2.19. The summed E-state index contributed by atoms with van der Waals surface area (Å²) in [7, 11) is 0. The molecule has 1 fully saturated rings. The molecule has 0 saturated carbocycles. The van der Waals surface area contributed by atoms with Gasteiger partial charge >= 0.3 is 0 Å². The van der Waals surface area contributed by atoms with Crippen LogP contribution in [-0.4, -0.2) is 48.5 Å². The molecule has 6 heteroatoms. The fraction of sp³-hybridized carbons (Fsp3) is 0.455. The maximum atomic E-state index is 10.8. The molecule has 1 aromatic heterocycles. The first-order valence-corrected chi connectivity index (χ1v) is 6.30. The molecule has 2 N–H and O–H groups in total. The van der Waals surface area contributed by atoms with E-state index in [9.17, 15) is 4.79 Å². The van der Waals surface area contributed by atoms with Gasteiger partial charge in [-0.15, -0.1) is 0 Å². The van der Waals surface area contributed by atoms with Gasteiger partial charge in [0.05, 0.1) is 18.4 Å². The van der Waals surface area contributed by atoms with Crippen molar-refractivity contribution < 1.29 is 4.79 Å². The van der Waals surface area contributed by atoms with Crippen molar-refractivity contribution in [3.63, 3.8) is 0 Å². The van der Waals surface area contributed by atoms with Crippen LogP contribution in [0, 0.1) is 0 Å². The number of pyridine rings is 1. The summed E-state index contributed by atoms with van der Waals surface area (Å²) in [6.45, 7) is 3.85. The van der Waals surface area contributed by atoms with E-state index in [1.165, 1.54) is 0 Å². The zero-order valence-electron chi connectivity index (χ0n) is 9.47. The summed E-state index contributed by atoms with van der Waals surface area (Å²) >= 11 is 3.41. The van der Waals surface area contributed by atoms with Crippen LogP contribution in [0.5, 0.6) is 0 Å². The third-order valence-corrected chi connectivity index (χ3v) is 3.24. The number of piperazine rings is 1. The number of hydrogen-bond acceptors (Lipinski definition) is 4. The normalized spacial score (nSPS) is 17.1. The lowest BCUT2D eigenvalue weighted by Gasteiger charge is -2.35. The van der Waals surface area contributed by atoms with Crippen LogP contribution in [0.4, 0.5) is 5.69 Å². The predicted molar refractivity (Wildman–Crippen MR) is 69.8 cm³/mol. The van der Waals surface area contributed by atoms with Crippen LogP contribution in [-0.2, 0) is 4.79 Å². The summed E-state index contributed by atoms with van der Waals surface area (Å²) in [5.74, 6) is -0.262. The lowest BCUT2D eigenvalue weighted by Crippen LogP contribution is -2.48. The molecule has 0 aromatic carbocycles. The first-order valence-electron chi connectivity index (χ1n) is 5.51. The van der Waals surface area contributed by atoms with E-state index < -0.39 is 0 Å². The van der Waals surface area contributed by atoms with Crippen LogP contribution in [0.15, 0.2) is 22.9 Å². The number of anilines is 1. The van der Waals surface area contributed by atoms with Gasteiger partial charge in [0, 0.05) is 36.8 Å². The monoisotopic (exact) mass is 298 g/mol. The minimum absolute atomic E-state index is 0.262. The number of nitrogens with zero attached hydrogens (tertiary/aromatic N) is 3. The first kappa shape index (κ1) is 12.3. The molecule has 17 heavy (non-hydrogen) atoms. The summed E-state index contributed by atoms with van der Waals surface area (Å²) in [6, 6.07) is 2.05. The zero-order chi connectivity index (χ0) is 12.3. The average Bonchev–Trinajstić information content (AvgIpc) is 2.29.